The van der Waals surface area contributed by atoms with E-state index in [2.05, 4.69) is 15.9 Å². The van der Waals surface area contributed by atoms with Crippen molar-refractivity contribution in [3.8, 4) is 6.07 Å². The molecule has 2 rings (SSSR count). The second-order valence-corrected chi connectivity index (χ2v) is 5.41. The van der Waals surface area contributed by atoms with Crippen LogP contribution < -0.4 is 0 Å². The molecule has 1 aliphatic rings. The van der Waals surface area contributed by atoms with Crippen molar-refractivity contribution >= 4 is 0 Å². The Morgan fingerprint density at radius 3 is 3.00 bits per heavy atom. The summed E-state index contributed by atoms with van der Waals surface area (Å²) in [6.45, 7) is 3.62. The molecule has 1 fully saturated rings. The first-order valence-electron chi connectivity index (χ1n) is 6.75. The Balaban J connectivity index is 2.01. The van der Waals surface area contributed by atoms with Gasteiger partial charge in [0, 0.05) is 31.7 Å². The van der Waals surface area contributed by atoms with Crippen LogP contribution in [0.3, 0.4) is 0 Å². The van der Waals surface area contributed by atoms with E-state index in [-0.39, 0.29) is 11.9 Å². The minimum absolute atomic E-state index is 0.154. The topological polar surface area (TPSA) is 39.5 Å². The van der Waals surface area contributed by atoms with Gasteiger partial charge in [0.2, 0.25) is 0 Å². The zero-order valence-electron chi connectivity index (χ0n) is 12.0. The Kier molecular flexibility index (Phi) is 5.07. The summed E-state index contributed by atoms with van der Waals surface area (Å²) >= 11 is 0. The lowest BCUT2D eigenvalue weighted by Gasteiger charge is -2.34. The third-order valence-corrected chi connectivity index (χ3v) is 3.36. The summed E-state index contributed by atoms with van der Waals surface area (Å²) in [6.07, 6.45) is 0.154. The standard InChI is InChI=1S/C15H20FN3O/c1-18(2)10-14-11-19(5-6-20-14)9-13-7-12(8-17)3-4-15(13)16/h3-4,7,14H,5-6,9-11H2,1-2H3/t14-/m0/s1. The van der Waals surface area contributed by atoms with E-state index in [4.69, 9.17) is 10.00 Å². The predicted molar refractivity (Wildman–Crippen MR) is 74.7 cm³/mol. The molecule has 1 heterocycles. The summed E-state index contributed by atoms with van der Waals surface area (Å²) < 4.78 is 19.5. The average molecular weight is 277 g/mol. The normalized spacial score (nSPS) is 20.1. The van der Waals surface area contributed by atoms with E-state index in [0.29, 0.717) is 24.3 Å². The van der Waals surface area contributed by atoms with Crippen LogP contribution >= 0.6 is 0 Å². The number of rotatable bonds is 4. The smallest absolute Gasteiger partial charge is 0.127 e. The maximum Gasteiger partial charge on any atom is 0.127 e. The minimum atomic E-state index is -0.250. The van der Waals surface area contributed by atoms with E-state index in [1.807, 2.05) is 14.1 Å². The van der Waals surface area contributed by atoms with E-state index in [0.717, 1.165) is 19.6 Å². The molecule has 4 nitrogen and oxygen atoms in total. The number of ether oxygens (including phenoxy) is 1. The summed E-state index contributed by atoms with van der Waals surface area (Å²) in [6, 6.07) is 6.55. The highest BCUT2D eigenvalue weighted by Crippen LogP contribution is 2.15. The number of hydrogen-bond acceptors (Lipinski definition) is 4. The van der Waals surface area contributed by atoms with Crippen molar-refractivity contribution in [2.45, 2.75) is 12.6 Å². The Hall–Kier alpha value is -1.48. The number of morpholine rings is 1. The van der Waals surface area contributed by atoms with Crippen molar-refractivity contribution in [1.29, 1.82) is 5.26 Å². The number of benzene rings is 1. The van der Waals surface area contributed by atoms with Crippen LogP contribution in [-0.2, 0) is 11.3 Å². The molecule has 1 saturated heterocycles. The molecular weight excluding hydrogens is 257 g/mol. The average Bonchev–Trinajstić information content (AvgIpc) is 2.41. The van der Waals surface area contributed by atoms with E-state index in [1.54, 1.807) is 6.07 Å². The Labute approximate surface area is 119 Å². The van der Waals surface area contributed by atoms with Crippen molar-refractivity contribution in [1.82, 2.24) is 9.80 Å². The van der Waals surface area contributed by atoms with Crippen molar-refractivity contribution in [2.24, 2.45) is 0 Å². The molecule has 1 aliphatic heterocycles. The van der Waals surface area contributed by atoms with Gasteiger partial charge in [-0.15, -0.1) is 0 Å². The summed E-state index contributed by atoms with van der Waals surface area (Å²) in [5.74, 6) is -0.250. The van der Waals surface area contributed by atoms with Crippen molar-refractivity contribution in [3.63, 3.8) is 0 Å². The third kappa shape index (κ3) is 4.01. The van der Waals surface area contributed by atoms with Crippen molar-refractivity contribution in [3.05, 3.63) is 35.1 Å². The molecule has 0 amide bonds. The second-order valence-electron chi connectivity index (χ2n) is 5.41. The van der Waals surface area contributed by atoms with E-state index in [1.165, 1.54) is 12.1 Å². The molecule has 1 aromatic carbocycles. The second kappa shape index (κ2) is 6.80. The molecule has 0 unspecified atom stereocenters. The maximum atomic E-state index is 13.8. The summed E-state index contributed by atoms with van der Waals surface area (Å²) in [4.78, 5) is 4.27. The molecule has 1 aromatic rings. The van der Waals surface area contributed by atoms with Crippen molar-refractivity contribution in [2.75, 3.05) is 40.3 Å². The van der Waals surface area contributed by atoms with E-state index in [9.17, 15) is 4.39 Å². The highest BCUT2D eigenvalue weighted by molar-refractivity contribution is 5.33. The van der Waals surface area contributed by atoms with Crippen LogP contribution in [0.2, 0.25) is 0 Å². The van der Waals surface area contributed by atoms with Crippen LogP contribution in [0.4, 0.5) is 4.39 Å². The fourth-order valence-corrected chi connectivity index (χ4v) is 2.45. The maximum absolute atomic E-state index is 13.8. The molecule has 0 aliphatic carbocycles. The first-order chi connectivity index (χ1) is 9.58. The van der Waals surface area contributed by atoms with Crippen molar-refractivity contribution < 1.29 is 9.13 Å². The Bertz CT molecular complexity index is 498. The van der Waals surface area contributed by atoms with Crippen LogP contribution in [-0.4, -0.2) is 56.2 Å². The Morgan fingerprint density at radius 1 is 1.50 bits per heavy atom. The van der Waals surface area contributed by atoms with Crippen LogP contribution in [0.15, 0.2) is 18.2 Å². The molecule has 5 heteroatoms. The first kappa shape index (κ1) is 14.9. The SMILES string of the molecule is CN(C)C[C@H]1CN(Cc2cc(C#N)ccc2F)CCO1. The first-order valence-corrected chi connectivity index (χ1v) is 6.75. The molecule has 1 atom stereocenters. The molecular formula is C15H20FN3O. The van der Waals surface area contributed by atoms with Gasteiger partial charge in [0.1, 0.15) is 5.82 Å². The molecule has 0 saturated carbocycles. The summed E-state index contributed by atoms with van der Waals surface area (Å²) in [5.41, 5.74) is 1.08. The molecule has 108 valence electrons. The van der Waals surface area contributed by atoms with Gasteiger partial charge in [0.25, 0.3) is 0 Å². The predicted octanol–water partition coefficient (Wildman–Crippen LogP) is 1.46. The third-order valence-electron chi connectivity index (χ3n) is 3.36. The van der Waals surface area contributed by atoms with Crippen LogP contribution in [0, 0.1) is 17.1 Å². The van der Waals surface area contributed by atoms with Crippen LogP contribution in [0.5, 0.6) is 0 Å². The zero-order chi connectivity index (χ0) is 14.5. The number of halogens is 1. The van der Waals surface area contributed by atoms with E-state index >= 15 is 0 Å². The summed E-state index contributed by atoms with van der Waals surface area (Å²) in [7, 11) is 4.02. The molecule has 0 N–H and O–H groups in total. The zero-order valence-corrected chi connectivity index (χ0v) is 12.0. The van der Waals surface area contributed by atoms with Gasteiger partial charge < -0.3 is 9.64 Å². The highest BCUT2D eigenvalue weighted by atomic mass is 19.1. The van der Waals surface area contributed by atoms with Gasteiger partial charge in [0.15, 0.2) is 0 Å². The quantitative estimate of drug-likeness (QED) is 0.835. The van der Waals surface area contributed by atoms with Crippen LogP contribution in [0.1, 0.15) is 11.1 Å². The van der Waals surface area contributed by atoms with Gasteiger partial charge in [-0.3, -0.25) is 4.90 Å². The highest BCUT2D eigenvalue weighted by Gasteiger charge is 2.21. The fraction of sp³-hybridized carbons (Fsp3) is 0.533. The fourth-order valence-electron chi connectivity index (χ4n) is 2.45. The number of nitriles is 1. The lowest BCUT2D eigenvalue weighted by molar-refractivity contribution is -0.0409. The Morgan fingerprint density at radius 2 is 2.30 bits per heavy atom. The molecule has 0 bridgehead atoms. The van der Waals surface area contributed by atoms with E-state index < -0.39 is 0 Å². The van der Waals surface area contributed by atoms with Gasteiger partial charge in [0.05, 0.1) is 24.3 Å². The largest absolute Gasteiger partial charge is 0.374 e. The molecule has 0 spiro atoms. The van der Waals surface area contributed by atoms with Gasteiger partial charge in [-0.25, -0.2) is 4.39 Å². The lowest BCUT2D eigenvalue weighted by atomic mass is 10.1. The van der Waals surface area contributed by atoms with Gasteiger partial charge >= 0.3 is 0 Å². The molecule has 0 radical (unpaired) electrons. The van der Waals surface area contributed by atoms with Gasteiger partial charge in [-0.1, -0.05) is 0 Å². The molecule has 20 heavy (non-hydrogen) atoms. The number of nitrogens with zero attached hydrogens (tertiary/aromatic N) is 3. The van der Waals surface area contributed by atoms with Gasteiger partial charge in [-0.05, 0) is 32.3 Å². The lowest BCUT2D eigenvalue weighted by Crippen LogP contribution is -2.46. The van der Waals surface area contributed by atoms with Gasteiger partial charge in [-0.2, -0.15) is 5.26 Å². The number of likely N-dealkylation sites (N-methyl/N-ethyl adjacent to an activating group) is 1. The molecule has 0 aromatic heterocycles. The number of hydrogen-bond donors (Lipinski definition) is 0. The summed E-state index contributed by atoms with van der Waals surface area (Å²) in [5, 5.41) is 8.89. The monoisotopic (exact) mass is 277 g/mol. The van der Waals surface area contributed by atoms with Crippen LogP contribution in [0.25, 0.3) is 0 Å². The minimum Gasteiger partial charge on any atom is -0.374 e.